The van der Waals surface area contributed by atoms with E-state index in [-0.39, 0.29) is 6.42 Å². The minimum atomic E-state index is -1.45. The summed E-state index contributed by atoms with van der Waals surface area (Å²) in [6.45, 7) is 0.734. The number of hydrogen-bond acceptors (Lipinski definition) is 8. The molecule has 0 saturated carbocycles. The fraction of sp³-hybridized carbons (Fsp3) is 0.688. The van der Waals surface area contributed by atoms with Gasteiger partial charge in [-0.3, -0.25) is 24.0 Å². The van der Waals surface area contributed by atoms with E-state index in [0.717, 1.165) is 0 Å². The highest BCUT2D eigenvalue weighted by molar-refractivity contribution is 5.94. The molecule has 0 saturated heterocycles. The predicted octanol–water partition coefficient (Wildman–Crippen LogP) is -3.53. The van der Waals surface area contributed by atoms with Crippen LogP contribution in [-0.4, -0.2) is 82.3 Å². The normalized spacial score (nSPS) is 14.8. The minimum absolute atomic E-state index is 0.125. The van der Waals surface area contributed by atoms with E-state index in [1.54, 1.807) is 0 Å². The van der Waals surface area contributed by atoms with Crippen LogP contribution in [0.25, 0.3) is 0 Å². The molecule has 4 atom stereocenters. The Balaban J connectivity index is 5.11. The van der Waals surface area contributed by atoms with Crippen LogP contribution in [0.15, 0.2) is 0 Å². The molecule has 13 nitrogen and oxygen atoms in total. The first-order valence-corrected chi connectivity index (χ1v) is 8.95. The average Bonchev–Trinajstić information content (AvgIpc) is 2.64. The number of carbonyl (C=O) groups excluding carboxylic acids is 3. The van der Waals surface area contributed by atoms with Crippen LogP contribution in [0.2, 0.25) is 0 Å². The summed E-state index contributed by atoms with van der Waals surface area (Å²) in [6.07, 6.45) is 0.466. The van der Waals surface area contributed by atoms with Crippen molar-refractivity contribution in [3.63, 3.8) is 0 Å². The molecule has 0 aromatic heterocycles. The highest BCUT2D eigenvalue weighted by Gasteiger charge is 2.29. The lowest BCUT2D eigenvalue weighted by Gasteiger charge is -2.23. The number of aliphatic carboxylic acids is 2. The fourth-order valence-electron chi connectivity index (χ4n) is 2.16. The van der Waals surface area contributed by atoms with Gasteiger partial charge in [0.15, 0.2) is 0 Å². The number of aliphatic hydroxyl groups is 1. The van der Waals surface area contributed by atoms with E-state index < -0.39 is 66.9 Å². The first kappa shape index (κ1) is 26.2. The van der Waals surface area contributed by atoms with Crippen LogP contribution < -0.4 is 27.4 Å². The number of amides is 3. The number of rotatable bonds is 14. The lowest BCUT2D eigenvalue weighted by Crippen LogP contribution is -2.57. The molecule has 0 heterocycles. The first-order valence-electron chi connectivity index (χ1n) is 8.95. The van der Waals surface area contributed by atoms with Crippen molar-refractivity contribution in [1.82, 2.24) is 16.0 Å². The van der Waals surface area contributed by atoms with Gasteiger partial charge in [0, 0.05) is 0 Å². The second-order valence-electron chi connectivity index (χ2n) is 6.36. The molecular formula is C16H29N5O8. The van der Waals surface area contributed by atoms with Crippen molar-refractivity contribution in [2.45, 2.75) is 56.8 Å². The van der Waals surface area contributed by atoms with Crippen LogP contribution in [0.1, 0.15) is 32.6 Å². The van der Waals surface area contributed by atoms with Gasteiger partial charge >= 0.3 is 11.9 Å². The maximum absolute atomic E-state index is 12.5. The Labute approximate surface area is 167 Å². The van der Waals surface area contributed by atoms with Crippen molar-refractivity contribution in [3.05, 3.63) is 0 Å². The van der Waals surface area contributed by atoms with Crippen molar-refractivity contribution < 1.29 is 39.3 Å². The molecule has 3 amide bonds. The van der Waals surface area contributed by atoms with Gasteiger partial charge in [0.1, 0.15) is 18.1 Å². The Morgan fingerprint density at radius 1 is 0.897 bits per heavy atom. The highest BCUT2D eigenvalue weighted by atomic mass is 16.4. The molecule has 13 heteroatoms. The Morgan fingerprint density at radius 3 is 1.93 bits per heavy atom. The van der Waals surface area contributed by atoms with Crippen LogP contribution in [-0.2, 0) is 24.0 Å². The number of carboxylic acid groups (broad SMARTS) is 2. The summed E-state index contributed by atoms with van der Waals surface area (Å²) in [5, 5.41) is 33.5. The summed E-state index contributed by atoms with van der Waals surface area (Å²) < 4.78 is 0. The van der Waals surface area contributed by atoms with Crippen molar-refractivity contribution in [1.29, 1.82) is 0 Å². The van der Waals surface area contributed by atoms with E-state index in [2.05, 4.69) is 16.0 Å². The summed E-state index contributed by atoms with van der Waals surface area (Å²) in [7, 11) is 0. The lowest BCUT2D eigenvalue weighted by atomic mass is 10.1. The Bertz CT molecular complexity index is 600. The molecule has 0 aliphatic heterocycles. The van der Waals surface area contributed by atoms with Gasteiger partial charge in [0.05, 0.1) is 19.1 Å². The maximum Gasteiger partial charge on any atom is 0.325 e. The van der Waals surface area contributed by atoms with Crippen LogP contribution >= 0.6 is 0 Å². The first-order chi connectivity index (χ1) is 13.5. The third-order valence-corrected chi connectivity index (χ3v) is 3.86. The second kappa shape index (κ2) is 13.4. The van der Waals surface area contributed by atoms with Gasteiger partial charge in [-0.1, -0.05) is 0 Å². The van der Waals surface area contributed by atoms with E-state index >= 15 is 0 Å². The summed E-state index contributed by atoms with van der Waals surface area (Å²) in [5.41, 5.74) is 10.9. The van der Waals surface area contributed by atoms with E-state index in [9.17, 15) is 29.1 Å². The summed E-state index contributed by atoms with van der Waals surface area (Å²) >= 11 is 0. The molecule has 0 spiro atoms. The molecule has 10 N–H and O–H groups in total. The largest absolute Gasteiger partial charge is 0.481 e. The number of hydrogen-bond donors (Lipinski definition) is 8. The molecular weight excluding hydrogens is 390 g/mol. The summed E-state index contributed by atoms with van der Waals surface area (Å²) in [5.74, 6) is -5.22. The van der Waals surface area contributed by atoms with E-state index in [0.29, 0.717) is 19.4 Å². The van der Waals surface area contributed by atoms with Crippen molar-refractivity contribution in [2.24, 2.45) is 11.5 Å². The zero-order valence-electron chi connectivity index (χ0n) is 16.1. The fourth-order valence-corrected chi connectivity index (χ4v) is 2.16. The maximum atomic E-state index is 12.5. The zero-order chi connectivity index (χ0) is 22.6. The second-order valence-corrected chi connectivity index (χ2v) is 6.36. The molecule has 0 aromatic rings. The quantitative estimate of drug-likeness (QED) is 0.129. The van der Waals surface area contributed by atoms with Gasteiger partial charge in [-0.25, -0.2) is 0 Å². The third kappa shape index (κ3) is 10.4. The number of unbranched alkanes of at least 4 members (excludes halogenated alkanes) is 1. The van der Waals surface area contributed by atoms with Crippen molar-refractivity contribution in [2.75, 3.05) is 13.2 Å². The van der Waals surface area contributed by atoms with Crippen LogP contribution in [0.4, 0.5) is 0 Å². The van der Waals surface area contributed by atoms with E-state index in [1.807, 2.05) is 0 Å². The molecule has 0 fully saturated rings. The monoisotopic (exact) mass is 419 g/mol. The molecule has 4 unspecified atom stereocenters. The topological polar surface area (TPSA) is 234 Å². The van der Waals surface area contributed by atoms with Crippen LogP contribution in [0, 0.1) is 0 Å². The standard InChI is InChI=1S/C16H29N5O8/c1-8(16(28)29)19-15(27)11(7-22)21-14(26)10(4-2-3-5-17)20-13(25)9(18)6-12(23)24/h8-11,22H,2-7,17-18H2,1H3,(H,19,27)(H,20,25)(H,21,26)(H,23,24)(H,28,29). The van der Waals surface area contributed by atoms with E-state index in [1.165, 1.54) is 6.92 Å². The van der Waals surface area contributed by atoms with Gasteiger partial charge in [-0.15, -0.1) is 0 Å². The molecule has 29 heavy (non-hydrogen) atoms. The summed E-state index contributed by atoms with van der Waals surface area (Å²) in [4.78, 5) is 58.0. The number of carboxylic acids is 2. The van der Waals surface area contributed by atoms with Gasteiger partial charge < -0.3 is 42.7 Å². The molecule has 0 bridgehead atoms. The van der Waals surface area contributed by atoms with Crippen LogP contribution in [0.5, 0.6) is 0 Å². The zero-order valence-corrected chi connectivity index (χ0v) is 16.1. The molecule has 0 aromatic carbocycles. The smallest absolute Gasteiger partial charge is 0.325 e. The molecule has 166 valence electrons. The minimum Gasteiger partial charge on any atom is -0.481 e. The van der Waals surface area contributed by atoms with Gasteiger partial charge in [-0.05, 0) is 32.7 Å². The Kier molecular flexibility index (Phi) is 12.1. The van der Waals surface area contributed by atoms with Gasteiger partial charge in [0.2, 0.25) is 17.7 Å². The molecule has 0 aliphatic rings. The molecule has 0 aliphatic carbocycles. The average molecular weight is 419 g/mol. The van der Waals surface area contributed by atoms with Crippen LogP contribution in [0.3, 0.4) is 0 Å². The van der Waals surface area contributed by atoms with Crippen molar-refractivity contribution in [3.8, 4) is 0 Å². The predicted molar refractivity (Wildman–Crippen MR) is 99.3 cm³/mol. The lowest BCUT2D eigenvalue weighted by molar-refractivity contribution is -0.142. The number of aliphatic hydroxyl groups excluding tert-OH is 1. The van der Waals surface area contributed by atoms with Gasteiger partial charge in [-0.2, -0.15) is 0 Å². The number of nitrogens with two attached hydrogens (primary N) is 2. The number of carbonyl (C=O) groups is 5. The molecule has 0 radical (unpaired) electrons. The van der Waals surface area contributed by atoms with Crippen molar-refractivity contribution >= 4 is 29.7 Å². The summed E-state index contributed by atoms with van der Waals surface area (Å²) in [6, 6.07) is -5.24. The third-order valence-electron chi connectivity index (χ3n) is 3.86. The Hall–Kier alpha value is -2.77. The Morgan fingerprint density at radius 2 is 1.45 bits per heavy atom. The molecule has 0 rings (SSSR count). The SMILES string of the molecule is CC(NC(=O)C(CO)NC(=O)C(CCCCN)NC(=O)C(N)CC(=O)O)C(=O)O. The van der Waals surface area contributed by atoms with Gasteiger partial charge in [0.25, 0.3) is 0 Å². The highest BCUT2D eigenvalue weighted by Crippen LogP contribution is 2.03. The number of nitrogens with one attached hydrogen (secondary N) is 3. The van der Waals surface area contributed by atoms with E-state index in [4.69, 9.17) is 21.7 Å².